The fourth-order valence-corrected chi connectivity index (χ4v) is 2.36. The van der Waals surface area contributed by atoms with Gasteiger partial charge in [0.25, 0.3) is 0 Å². The van der Waals surface area contributed by atoms with E-state index in [1.54, 1.807) is 18.0 Å². The van der Waals surface area contributed by atoms with Crippen molar-refractivity contribution >= 4 is 11.6 Å². The van der Waals surface area contributed by atoms with Gasteiger partial charge in [-0.3, -0.25) is 4.79 Å². The second kappa shape index (κ2) is 6.88. The van der Waals surface area contributed by atoms with Gasteiger partial charge in [-0.05, 0) is 31.2 Å². The molecule has 0 aliphatic rings. The minimum atomic E-state index is -0.265. The molecule has 1 amide bonds. The van der Waals surface area contributed by atoms with E-state index in [1.165, 1.54) is 0 Å². The number of amides is 1. The van der Waals surface area contributed by atoms with E-state index in [-0.39, 0.29) is 17.9 Å². The molecule has 2 heterocycles. The smallest absolute Gasteiger partial charge is 0.223 e. The number of nitrogens with zero attached hydrogens (tertiary/aromatic N) is 4. The van der Waals surface area contributed by atoms with Crippen molar-refractivity contribution in [2.75, 3.05) is 7.11 Å². The number of rotatable bonds is 5. The maximum absolute atomic E-state index is 11.8. The average molecular weight is 339 g/mol. The molecule has 0 unspecified atom stereocenters. The van der Waals surface area contributed by atoms with Gasteiger partial charge in [0.2, 0.25) is 5.91 Å². The number of ether oxygens (including phenoxy) is 1. The SMILES string of the molecule is COc1ccc(-c2cc3nc([C@H](C)NC(=O)C(C)C)nn3cn2)cc1. The minimum absolute atomic E-state index is 0.0246. The average Bonchev–Trinajstić information content (AvgIpc) is 3.05. The Morgan fingerprint density at radius 3 is 2.56 bits per heavy atom. The van der Waals surface area contributed by atoms with Crippen LogP contribution in [-0.4, -0.2) is 32.6 Å². The van der Waals surface area contributed by atoms with Crippen molar-refractivity contribution < 1.29 is 9.53 Å². The molecule has 3 aromatic rings. The Balaban J connectivity index is 1.87. The lowest BCUT2D eigenvalue weighted by Crippen LogP contribution is -2.30. The number of nitrogens with one attached hydrogen (secondary N) is 1. The number of carbonyl (C=O) groups is 1. The number of methoxy groups -OCH3 is 1. The fourth-order valence-electron chi connectivity index (χ4n) is 2.36. The summed E-state index contributed by atoms with van der Waals surface area (Å²) in [5.41, 5.74) is 2.45. The van der Waals surface area contributed by atoms with Crippen LogP contribution in [0.2, 0.25) is 0 Å². The van der Waals surface area contributed by atoms with Crippen LogP contribution in [0.1, 0.15) is 32.6 Å². The van der Waals surface area contributed by atoms with Gasteiger partial charge < -0.3 is 10.1 Å². The van der Waals surface area contributed by atoms with Crippen molar-refractivity contribution in [3.05, 3.63) is 42.5 Å². The Morgan fingerprint density at radius 1 is 1.20 bits per heavy atom. The van der Waals surface area contributed by atoms with Crippen LogP contribution in [0.3, 0.4) is 0 Å². The van der Waals surface area contributed by atoms with Gasteiger partial charge in [0.05, 0.1) is 18.8 Å². The number of aromatic nitrogens is 4. The van der Waals surface area contributed by atoms with Gasteiger partial charge in [-0.2, -0.15) is 0 Å². The summed E-state index contributed by atoms with van der Waals surface area (Å²) < 4.78 is 6.78. The number of fused-ring (bicyclic) bond motifs is 1. The van der Waals surface area contributed by atoms with Crippen LogP contribution >= 0.6 is 0 Å². The highest BCUT2D eigenvalue weighted by molar-refractivity contribution is 5.78. The van der Waals surface area contributed by atoms with Crippen molar-refractivity contribution in [1.29, 1.82) is 0 Å². The zero-order chi connectivity index (χ0) is 18.0. The summed E-state index contributed by atoms with van der Waals surface area (Å²) in [7, 11) is 1.64. The molecule has 7 nitrogen and oxygen atoms in total. The second-order valence-corrected chi connectivity index (χ2v) is 6.16. The molecule has 3 rings (SSSR count). The lowest BCUT2D eigenvalue weighted by atomic mass is 10.1. The van der Waals surface area contributed by atoms with E-state index in [0.717, 1.165) is 17.0 Å². The van der Waals surface area contributed by atoms with E-state index in [1.807, 2.05) is 51.1 Å². The molecule has 0 bridgehead atoms. The van der Waals surface area contributed by atoms with Crippen LogP contribution in [0.4, 0.5) is 0 Å². The highest BCUT2D eigenvalue weighted by atomic mass is 16.5. The monoisotopic (exact) mass is 339 g/mol. The second-order valence-electron chi connectivity index (χ2n) is 6.16. The van der Waals surface area contributed by atoms with E-state index in [2.05, 4.69) is 20.4 Å². The molecule has 0 saturated heterocycles. The van der Waals surface area contributed by atoms with E-state index in [4.69, 9.17) is 4.74 Å². The molecule has 1 N–H and O–H groups in total. The van der Waals surface area contributed by atoms with Crippen LogP contribution in [0.5, 0.6) is 5.75 Å². The molecule has 130 valence electrons. The lowest BCUT2D eigenvalue weighted by molar-refractivity contribution is -0.124. The van der Waals surface area contributed by atoms with Gasteiger partial charge in [0.1, 0.15) is 12.1 Å². The normalized spacial score (nSPS) is 12.4. The summed E-state index contributed by atoms with van der Waals surface area (Å²) in [6.45, 7) is 5.57. The predicted molar refractivity (Wildman–Crippen MR) is 94.2 cm³/mol. The summed E-state index contributed by atoms with van der Waals surface area (Å²) in [6, 6.07) is 9.27. The Kier molecular flexibility index (Phi) is 4.65. The molecule has 0 aliphatic heterocycles. The maximum Gasteiger partial charge on any atom is 0.223 e. The highest BCUT2D eigenvalue weighted by Gasteiger charge is 2.17. The molecule has 1 atom stereocenters. The molecule has 0 aliphatic carbocycles. The Hall–Kier alpha value is -2.96. The number of benzene rings is 1. The topological polar surface area (TPSA) is 81.4 Å². The Morgan fingerprint density at radius 2 is 1.92 bits per heavy atom. The van der Waals surface area contributed by atoms with Crippen molar-refractivity contribution in [1.82, 2.24) is 24.9 Å². The van der Waals surface area contributed by atoms with Crippen LogP contribution in [0.15, 0.2) is 36.7 Å². The van der Waals surface area contributed by atoms with Crippen LogP contribution in [-0.2, 0) is 4.79 Å². The molecular formula is C18H21N5O2. The molecule has 0 saturated carbocycles. The first-order valence-electron chi connectivity index (χ1n) is 8.15. The maximum atomic E-state index is 11.8. The molecule has 2 aromatic heterocycles. The van der Waals surface area contributed by atoms with Gasteiger partial charge in [0, 0.05) is 17.5 Å². The summed E-state index contributed by atoms with van der Waals surface area (Å²) >= 11 is 0. The van der Waals surface area contributed by atoms with Crippen molar-refractivity contribution in [3.63, 3.8) is 0 Å². The molecular weight excluding hydrogens is 318 g/mol. The number of hydrogen-bond acceptors (Lipinski definition) is 5. The minimum Gasteiger partial charge on any atom is -0.497 e. The Labute approximate surface area is 146 Å². The van der Waals surface area contributed by atoms with Crippen molar-refractivity contribution in [3.8, 4) is 17.0 Å². The molecule has 0 spiro atoms. The number of carbonyl (C=O) groups excluding carboxylic acids is 1. The van der Waals surface area contributed by atoms with Gasteiger partial charge in [0.15, 0.2) is 11.5 Å². The first-order valence-corrected chi connectivity index (χ1v) is 8.15. The third kappa shape index (κ3) is 3.60. The van der Waals surface area contributed by atoms with Gasteiger partial charge in [-0.25, -0.2) is 14.5 Å². The zero-order valence-corrected chi connectivity index (χ0v) is 14.7. The third-order valence-electron chi connectivity index (χ3n) is 3.90. The van der Waals surface area contributed by atoms with E-state index < -0.39 is 0 Å². The van der Waals surface area contributed by atoms with Gasteiger partial charge >= 0.3 is 0 Å². The summed E-state index contributed by atoms with van der Waals surface area (Å²) in [5.74, 6) is 1.25. The summed E-state index contributed by atoms with van der Waals surface area (Å²) in [4.78, 5) is 20.8. The van der Waals surface area contributed by atoms with E-state index in [0.29, 0.717) is 11.5 Å². The van der Waals surface area contributed by atoms with Crippen LogP contribution < -0.4 is 10.1 Å². The van der Waals surface area contributed by atoms with Crippen LogP contribution in [0.25, 0.3) is 16.9 Å². The number of hydrogen-bond donors (Lipinski definition) is 1. The summed E-state index contributed by atoms with van der Waals surface area (Å²) in [6.07, 6.45) is 1.63. The first kappa shape index (κ1) is 16.9. The molecule has 1 aromatic carbocycles. The molecule has 7 heteroatoms. The van der Waals surface area contributed by atoms with Crippen molar-refractivity contribution in [2.45, 2.75) is 26.8 Å². The summed E-state index contributed by atoms with van der Waals surface area (Å²) in [5, 5.41) is 7.30. The largest absolute Gasteiger partial charge is 0.497 e. The van der Waals surface area contributed by atoms with E-state index in [9.17, 15) is 4.79 Å². The van der Waals surface area contributed by atoms with E-state index >= 15 is 0 Å². The third-order valence-corrected chi connectivity index (χ3v) is 3.90. The lowest BCUT2D eigenvalue weighted by Gasteiger charge is -2.11. The molecule has 0 radical (unpaired) electrons. The molecule has 25 heavy (non-hydrogen) atoms. The standard InChI is InChI=1S/C18H21N5O2/c1-11(2)18(24)20-12(3)17-21-16-9-15(19-10-23(16)22-17)13-5-7-14(25-4)8-6-13/h5-12H,1-4H3,(H,20,24)/t12-/m0/s1. The van der Waals surface area contributed by atoms with Crippen LogP contribution in [0, 0.1) is 5.92 Å². The molecule has 0 fully saturated rings. The Bertz CT molecular complexity index is 886. The van der Waals surface area contributed by atoms with Gasteiger partial charge in [-0.15, -0.1) is 5.10 Å². The highest BCUT2D eigenvalue weighted by Crippen LogP contribution is 2.21. The van der Waals surface area contributed by atoms with Crippen molar-refractivity contribution in [2.24, 2.45) is 5.92 Å². The fraction of sp³-hybridized carbons (Fsp3) is 0.333. The quantitative estimate of drug-likeness (QED) is 0.773. The first-order chi connectivity index (χ1) is 12.0. The zero-order valence-electron chi connectivity index (χ0n) is 14.7. The predicted octanol–water partition coefficient (Wildman–Crippen LogP) is 2.63. The van der Waals surface area contributed by atoms with Gasteiger partial charge in [-0.1, -0.05) is 13.8 Å².